The second-order valence-corrected chi connectivity index (χ2v) is 5.60. The van der Waals surface area contributed by atoms with Crippen molar-refractivity contribution in [3.8, 4) is 0 Å². The summed E-state index contributed by atoms with van der Waals surface area (Å²) in [5, 5.41) is 3.34. The highest BCUT2D eigenvalue weighted by Crippen LogP contribution is 2.41. The van der Waals surface area contributed by atoms with Crippen molar-refractivity contribution in [2.24, 2.45) is 5.92 Å². The molecule has 1 N–H and O–H groups in total. The lowest BCUT2D eigenvalue weighted by Gasteiger charge is -2.43. The first-order valence-electron chi connectivity index (χ1n) is 7.15. The summed E-state index contributed by atoms with van der Waals surface area (Å²) in [6.07, 6.45) is 3.66. The summed E-state index contributed by atoms with van der Waals surface area (Å²) in [5.74, 6) is -0.878. The minimum absolute atomic E-state index is 0. The van der Waals surface area contributed by atoms with E-state index < -0.39 is 11.6 Å². The summed E-state index contributed by atoms with van der Waals surface area (Å²) in [5.41, 5.74) is 0.936. The van der Waals surface area contributed by atoms with Crippen molar-refractivity contribution in [3.63, 3.8) is 0 Å². The molecule has 1 heterocycles. The fourth-order valence-corrected chi connectivity index (χ4v) is 3.19. The Kier molecular flexibility index (Phi) is 7.34. The number of hydrogen-bond acceptors (Lipinski definition) is 2. The summed E-state index contributed by atoms with van der Waals surface area (Å²) >= 11 is 0. The summed E-state index contributed by atoms with van der Waals surface area (Å²) in [6, 6.07) is 4.66. The first kappa shape index (κ1) is 18.6. The van der Waals surface area contributed by atoms with E-state index in [1.54, 1.807) is 6.07 Å². The Morgan fingerprint density at radius 2 is 1.71 bits per heavy atom. The van der Waals surface area contributed by atoms with Crippen LogP contribution in [0.3, 0.4) is 0 Å². The van der Waals surface area contributed by atoms with Gasteiger partial charge in [0.15, 0.2) is 11.6 Å². The van der Waals surface area contributed by atoms with Gasteiger partial charge in [-0.2, -0.15) is 0 Å². The minimum atomic E-state index is -0.753. The van der Waals surface area contributed by atoms with Gasteiger partial charge in [0.05, 0.1) is 0 Å². The number of benzene rings is 1. The molecule has 0 spiro atoms. The first-order valence-corrected chi connectivity index (χ1v) is 7.15. The van der Waals surface area contributed by atoms with Crippen LogP contribution in [0.25, 0.3) is 0 Å². The number of nitrogens with zero attached hydrogens (tertiary/aromatic N) is 1. The van der Waals surface area contributed by atoms with Gasteiger partial charge in [0.2, 0.25) is 0 Å². The minimum Gasteiger partial charge on any atom is -0.314 e. The lowest BCUT2D eigenvalue weighted by atomic mass is 9.76. The van der Waals surface area contributed by atoms with Crippen molar-refractivity contribution in [1.29, 1.82) is 0 Å². The molecule has 1 aromatic carbocycles. The van der Waals surface area contributed by atoms with Crippen LogP contribution in [0.5, 0.6) is 0 Å². The molecule has 1 atom stereocenters. The lowest BCUT2D eigenvalue weighted by Crippen LogP contribution is -2.47. The fourth-order valence-electron chi connectivity index (χ4n) is 3.19. The molecule has 1 aromatic rings. The van der Waals surface area contributed by atoms with Crippen LogP contribution < -0.4 is 5.32 Å². The third-order valence-corrected chi connectivity index (χ3v) is 4.43. The predicted octanol–water partition coefficient (Wildman–Crippen LogP) is 3.55. The molecule has 2 nitrogen and oxygen atoms in total. The highest BCUT2D eigenvalue weighted by molar-refractivity contribution is 5.85. The van der Waals surface area contributed by atoms with Crippen LogP contribution in [0.2, 0.25) is 0 Å². The maximum atomic E-state index is 13.5. The van der Waals surface area contributed by atoms with Gasteiger partial charge in [-0.25, -0.2) is 8.78 Å². The zero-order valence-corrected chi connectivity index (χ0v) is 13.5. The summed E-state index contributed by atoms with van der Waals surface area (Å²) in [6.45, 7) is 3.93. The molecule has 3 rings (SSSR count). The van der Waals surface area contributed by atoms with Crippen LogP contribution in [-0.4, -0.2) is 31.1 Å². The highest BCUT2D eigenvalue weighted by Gasteiger charge is 2.33. The van der Waals surface area contributed by atoms with Crippen molar-refractivity contribution in [1.82, 2.24) is 10.2 Å². The predicted molar refractivity (Wildman–Crippen MR) is 85.4 cm³/mol. The quantitative estimate of drug-likeness (QED) is 0.906. The molecule has 0 radical (unpaired) electrons. The Bertz CT molecular complexity index is 449. The van der Waals surface area contributed by atoms with E-state index in [-0.39, 0.29) is 30.9 Å². The van der Waals surface area contributed by atoms with E-state index in [1.807, 2.05) is 0 Å². The summed E-state index contributed by atoms with van der Waals surface area (Å²) < 4.78 is 26.6. The van der Waals surface area contributed by atoms with Gasteiger partial charge in [-0.1, -0.05) is 12.5 Å². The molecule has 1 aliphatic carbocycles. The third-order valence-electron chi connectivity index (χ3n) is 4.43. The van der Waals surface area contributed by atoms with Gasteiger partial charge < -0.3 is 5.32 Å². The van der Waals surface area contributed by atoms with Gasteiger partial charge in [-0.05, 0) is 36.5 Å². The van der Waals surface area contributed by atoms with Crippen LogP contribution in [0.15, 0.2) is 18.2 Å². The van der Waals surface area contributed by atoms with Crippen molar-refractivity contribution in [2.45, 2.75) is 25.3 Å². The zero-order chi connectivity index (χ0) is 13.2. The highest BCUT2D eigenvalue weighted by atomic mass is 35.5. The van der Waals surface area contributed by atoms with E-state index in [2.05, 4.69) is 10.2 Å². The Hall–Kier alpha value is -0.420. The van der Waals surface area contributed by atoms with Crippen molar-refractivity contribution in [2.75, 3.05) is 26.2 Å². The summed E-state index contributed by atoms with van der Waals surface area (Å²) in [7, 11) is 0. The van der Waals surface area contributed by atoms with E-state index >= 15 is 0 Å². The molecule has 6 heteroatoms. The van der Waals surface area contributed by atoms with E-state index in [4.69, 9.17) is 0 Å². The largest absolute Gasteiger partial charge is 0.314 e. The molecule has 0 bridgehead atoms. The van der Waals surface area contributed by atoms with Crippen LogP contribution in [0.4, 0.5) is 8.78 Å². The summed E-state index contributed by atoms with van der Waals surface area (Å²) in [4.78, 5) is 2.42. The molecule has 120 valence electrons. The molecule has 0 amide bonds. The second kappa shape index (κ2) is 8.28. The van der Waals surface area contributed by atoms with Crippen molar-refractivity contribution in [3.05, 3.63) is 35.4 Å². The van der Waals surface area contributed by atoms with Gasteiger partial charge in [0.1, 0.15) is 0 Å². The topological polar surface area (TPSA) is 15.3 Å². The van der Waals surface area contributed by atoms with E-state index in [0.29, 0.717) is 5.92 Å². The fraction of sp³-hybridized carbons (Fsp3) is 0.600. The van der Waals surface area contributed by atoms with Crippen molar-refractivity contribution < 1.29 is 8.78 Å². The SMILES string of the molecule is Cl.Cl.Fc1ccc([C@@H](C2CCC2)N2CCNCC2)cc1F. The number of halogens is 4. The maximum Gasteiger partial charge on any atom is 0.159 e. The van der Waals surface area contributed by atoms with E-state index in [0.717, 1.165) is 31.7 Å². The Morgan fingerprint density at radius 3 is 2.24 bits per heavy atom. The Labute approximate surface area is 137 Å². The molecule has 1 saturated carbocycles. The van der Waals surface area contributed by atoms with Crippen LogP contribution in [-0.2, 0) is 0 Å². The van der Waals surface area contributed by atoms with Gasteiger partial charge >= 0.3 is 0 Å². The molecule has 0 aromatic heterocycles. The van der Waals surface area contributed by atoms with Gasteiger partial charge in [-0.3, -0.25) is 4.90 Å². The molecular formula is C15H22Cl2F2N2. The lowest BCUT2D eigenvalue weighted by molar-refractivity contribution is 0.0834. The van der Waals surface area contributed by atoms with Crippen molar-refractivity contribution >= 4 is 24.8 Å². The van der Waals surface area contributed by atoms with Crippen LogP contribution >= 0.6 is 24.8 Å². The molecule has 2 aliphatic rings. The van der Waals surface area contributed by atoms with Gasteiger partial charge in [-0.15, -0.1) is 24.8 Å². The number of hydrogen-bond donors (Lipinski definition) is 1. The average Bonchev–Trinajstić information content (AvgIpc) is 2.38. The van der Waals surface area contributed by atoms with Crippen LogP contribution in [0.1, 0.15) is 30.9 Å². The monoisotopic (exact) mass is 338 g/mol. The third kappa shape index (κ3) is 4.07. The number of rotatable bonds is 3. The molecule has 2 fully saturated rings. The van der Waals surface area contributed by atoms with Crippen LogP contribution in [0, 0.1) is 17.6 Å². The second-order valence-electron chi connectivity index (χ2n) is 5.60. The first-order chi connectivity index (χ1) is 9.25. The molecule has 21 heavy (non-hydrogen) atoms. The van der Waals surface area contributed by atoms with Gasteiger partial charge in [0.25, 0.3) is 0 Å². The normalized spacial score (nSPS) is 20.9. The van der Waals surface area contributed by atoms with Gasteiger partial charge in [0, 0.05) is 32.2 Å². The molecule has 0 unspecified atom stereocenters. The standard InChI is InChI=1S/C15H20F2N2.2ClH/c16-13-5-4-12(10-14(13)17)15(11-2-1-3-11)19-8-6-18-7-9-19;;/h4-5,10-11,15,18H,1-3,6-9H2;2*1H/t15-;;/m1../s1. The molecule has 1 saturated heterocycles. The maximum absolute atomic E-state index is 13.5. The molecular weight excluding hydrogens is 317 g/mol. The molecule has 1 aliphatic heterocycles. The smallest absolute Gasteiger partial charge is 0.159 e. The number of nitrogens with one attached hydrogen (secondary N) is 1. The Morgan fingerprint density at radius 1 is 1.05 bits per heavy atom. The zero-order valence-electron chi connectivity index (χ0n) is 11.9. The van der Waals surface area contributed by atoms with E-state index in [1.165, 1.54) is 31.4 Å². The number of piperazine rings is 1. The Balaban J connectivity index is 0.00000110. The average molecular weight is 339 g/mol. The van der Waals surface area contributed by atoms with E-state index in [9.17, 15) is 8.78 Å².